The minimum absolute atomic E-state index is 0.0886. The van der Waals surface area contributed by atoms with E-state index in [4.69, 9.17) is 4.52 Å². The van der Waals surface area contributed by atoms with E-state index in [-0.39, 0.29) is 18.2 Å². The van der Waals surface area contributed by atoms with Crippen molar-refractivity contribution in [1.29, 1.82) is 0 Å². The maximum Gasteiger partial charge on any atom is 0.573 e. The largest absolute Gasteiger partial charge is 0.573 e. The van der Waals surface area contributed by atoms with E-state index in [0.29, 0.717) is 30.1 Å². The smallest absolute Gasteiger partial charge is 0.406 e. The van der Waals surface area contributed by atoms with Gasteiger partial charge in [0.05, 0.1) is 0 Å². The number of aromatic nitrogens is 3. The summed E-state index contributed by atoms with van der Waals surface area (Å²) >= 11 is 0. The van der Waals surface area contributed by atoms with E-state index in [1.807, 2.05) is 0 Å². The fourth-order valence-electron chi connectivity index (χ4n) is 3.17. The molecule has 29 heavy (non-hydrogen) atoms. The zero-order valence-corrected chi connectivity index (χ0v) is 15.0. The van der Waals surface area contributed by atoms with Gasteiger partial charge in [0.25, 0.3) is 0 Å². The predicted octanol–water partition coefficient (Wildman–Crippen LogP) is 3.89. The van der Waals surface area contributed by atoms with Crippen LogP contribution in [0, 0.1) is 0 Å². The van der Waals surface area contributed by atoms with Crippen molar-refractivity contribution in [2.24, 2.45) is 0 Å². The Hall–Kier alpha value is -3.43. The molecule has 0 N–H and O–H groups in total. The molecule has 2 aromatic heterocycles. The van der Waals surface area contributed by atoms with Gasteiger partial charge >= 0.3 is 6.36 Å². The van der Waals surface area contributed by atoms with E-state index in [0.717, 1.165) is 5.56 Å². The van der Waals surface area contributed by atoms with Gasteiger partial charge in [0.2, 0.25) is 17.6 Å². The van der Waals surface area contributed by atoms with Gasteiger partial charge in [-0.2, -0.15) is 4.98 Å². The standard InChI is InChI=1S/C19H15F3N4O3/c20-19(21,22)28-14-3-1-12(2-4-14)11-26-15(5-6-16(26)27)18-24-17(25-29-18)13-7-9-23-10-8-13/h1-4,7-10,15H,5-6,11H2. The van der Waals surface area contributed by atoms with Crippen LogP contribution in [-0.2, 0) is 11.3 Å². The molecule has 3 heterocycles. The number of carbonyl (C=O) groups excluding carboxylic acids is 1. The van der Waals surface area contributed by atoms with Crippen LogP contribution in [0.1, 0.15) is 30.3 Å². The van der Waals surface area contributed by atoms with Crippen molar-refractivity contribution in [1.82, 2.24) is 20.0 Å². The summed E-state index contributed by atoms with van der Waals surface area (Å²) in [5.41, 5.74) is 1.40. The SMILES string of the molecule is O=C1CCC(c2nc(-c3ccncc3)no2)N1Cc1ccc(OC(F)(F)F)cc1. The molecule has 1 aliphatic rings. The molecular weight excluding hydrogens is 389 g/mol. The maximum absolute atomic E-state index is 12.3. The average Bonchev–Trinajstić information content (AvgIpc) is 3.30. The topological polar surface area (TPSA) is 81.3 Å². The van der Waals surface area contributed by atoms with Crippen LogP contribution in [0.25, 0.3) is 11.4 Å². The van der Waals surface area contributed by atoms with Crippen LogP contribution < -0.4 is 4.74 Å². The lowest BCUT2D eigenvalue weighted by atomic mass is 10.1. The zero-order chi connectivity index (χ0) is 20.4. The Morgan fingerprint density at radius 1 is 1.14 bits per heavy atom. The van der Waals surface area contributed by atoms with E-state index in [1.54, 1.807) is 29.4 Å². The Morgan fingerprint density at radius 3 is 2.55 bits per heavy atom. The van der Waals surface area contributed by atoms with Crippen molar-refractivity contribution in [2.45, 2.75) is 31.8 Å². The van der Waals surface area contributed by atoms with Gasteiger partial charge in [0, 0.05) is 30.9 Å². The van der Waals surface area contributed by atoms with Gasteiger partial charge in [0.1, 0.15) is 11.8 Å². The molecule has 1 unspecified atom stereocenters. The van der Waals surface area contributed by atoms with Crippen molar-refractivity contribution in [3.63, 3.8) is 0 Å². The molecule has 3 aromatic rings. The number of alkyl halides is 3. The Labute approximate surface area is 163 Å². The van der Waals surface area contributed by atoms with Crippen molar-refractivity contribution in [2.75, 3.05) is 0 Å². The molecule has 4 rings (SSSR count). The Morgan fingerprint density at radius 2 is 1.86 bits per heavy atom. The third-order valence-electron chi connectivity index (χ3n) is 4.50. The van der Waals surface area contributed by atoms with E-state index < -0.39 is 12.4 Å². The second-order valence-electron chi connectivity index (χ2n) is 6.46. The fourth-order valence-corrected chi connectivity index (χ4v) is 3.17. The summed E-state index contributed by atoms with van der Waals surface area (Å²) in [5.74, 6) is 0.314. The third-order valence-corrected chi connectivity index (χ3v) is 4.50. The molecule has 1 aromatic carbocycles. The molecule has 0 bridgehead atoms. The van der Waals surface area contributed by atoms with Crippen molar-refractivity contribution >= 4 is 5.91 Å². The molecule has 150 valence electrons. The van der Waals surface area contributed by atoms with E-state index >= 15 is 0 Å². The molecule has 1 fully saturated rings. The van der Waals surface area contributed by atoms with Gasteiger partial charge in [-0.1, -0.05) is 17.3 Å². The van der Waals surface area contributed by atoms with Gasteiger partial charge < -0.3 is 14.2 Å². The Kier molecular flexibility index (Phi) is 4.91. The molecule has 10 heteroatoms. The molecule has 1 atom stereocenters. The zero-order valence-electron chi connectivity index (χ0n) is 15.0. The number of hydrogen-bond acceptors (Lipinski definition) is 6. The highest BCUT2D eigenvalue weighted by molar-refractivity contribution is 5.78. The number of hydrogen-bond donors (Lipinski definition) is 0. The van der Waals surface area contributed by atoms with Gasteiger partial charge in [-0.05, 0) is 36.2 Å². The number of pyridine rings is 1. The normalized spacial score (nSPS) is 17.0. The molecule has 1 aliphatic heterocycles. The number of carbonyl (C=O) groups is 1. The lowest BCUT2D eigenvalue weighted by Gasteiger charge is -2.22. The van der Waals surface area contributed by atoms with Crippen LogP contribution >= 0.6 is 0 Å². The van der Waals surface area contributed by atoms with Crippen LogP contribution in [0.5, 0.6) is 5.75 Å². The molecule has 1 saturated heterocycles. The molecule has 0 aliphatic carbocycles. The first kappa shape index (κ1) is 18.9. The first-order valence-electron chi connectivity index (χ1n) is 8.77. The van der Waals surface area contributed by atoms with Gasteiger partial charge in [-0.15, -0.1) is 13.2 Å². The Bertz CT molecular complexity index is 990. The number of likely N-dealkylation sites (tertiary alicyclic amines) is 1. The lowest BCUT2D eigenvalue weighted by molar-refractivity contribution is -0.274. The van der Waals surface area contributed by atoms with Gasteiger partial charge in [-0.25, -0.2) is 0 Å². The lowest BCUT2D eigenvalue weighted by Crippen LogP contribution is -2.27. The number of halogens is 3. The second-order valence-corrected chi connectivity index (χ2v) is 6.46. The Balaban J connectivity index is 1.50. The molecule has 0 spiro atoms. The first-order chi connectivity index (χ1) is 13.9. The van der Waals surface area contributed by atoms with Crippen molar-refractivity contribution in [3.05, 3.63) is 60.2 Å². The highest BCUT2D eigenvalue weighted by Crippen LogP contribution is 2.34. The molecule has 1 amide bonds. The minimum atomic E-state index is -4.75. The van der Waals surface area contributed by atoms with Crippen molar-refractivity contribution < 1.29 is 27.2 Å². The second kappa shape index (κ2) is 7.53. The summed E-state index contributed by atoms with van der Waals surface area (Å²) in [6.45, 7) is 0.211. The quantitative estimate of drug-likeness (QED) is 0.642. The summed E-state index contributed by atoms with van der Waals surface area (Å²) < 4.78 is 46.1. The highest BCUT2D eigenvalue weighted by Gasteiger charge is 2.36. The minimum Gasteiger partial charge on any atom is -0.406 e. The van der Waals surface area contributed by atoms with Crippen LogP contribution in [0.4, 0.5) is 13.2 Å². The number of rotatable bonds is 5. The molecule has 7 nitrogen and oxygen atoms in total. The van der Waals surface area contributed by atoms with E-state index in [9.17, 15) is 18.0 Å². The average molecular weight is 404 g/mol. The maximum atomic E-state index is 12.3. The van der Waals surface area contributed by atoms with Crippen LogP contribution in [-0.4, -0.2) is 32.3 Å². The summed E-state index contributed by atoms with van der Waals surface area (Å²) in [6, 6.07) is 8.50. The number of ether oxygens (including phenoxy) is 1. The van der Waals surface area contributed by atoms with E-state index in [1.165, 1.54) is 24.3 Å². The van der Waals surface area contributed by atoms with Crippen LogP contribution in [0.15, 0.2) is 53.3 Å². The highest BCUT2D eigenvalue weighted by atomic mass is 19.4. The molecule has 0 radical (unpaired) electrons. The monoisotopic (exact) mass is 404 g/mol. The van der Waals surface area contributed by atoms with Crippen molar-refractivity contribution in [3.8, 4) is 17.1 Å². The summed E-state index contributed by atoms with van der Waals surface area (Å²) in [5, 5.41) is 3.97. The van der Waals surface area contributed by atoms with Crippen LogP contribution in [0.3, 0.4) is 0 Å². The van der Waals surface area contributed by atoms with Gasteiger partial charge in [-0.3, -0.25) is 9.78 Å². The number of amides is 1. The third kappa shape index (κ3) is 4.36. The number of nitrogens with zero attached hydrogens (tertiary/aromatic N) is 4. The van der Waals surface area contributed by atoms with Gasteiger partial charge in [0.15, 0.2) is 0 Å². The summed E-state index contributed by atoms with van der Waals surface area (Å²) in [4.78, 5) is 22.3. The predicted molar refractivity (Wildman–Crippen MR) is 93.2 cm³/mol. The fraction of sp³-hybridized carbons (Fsp3) is 0.263. The van der Waals surface area contributed by atoms with Crippen LogP contribution in [0.2, 0.25) is 0 Å². The number of benzene rings is 1. The first-order valence-corrected chi connectivity index (χ1v) is 8.77. The molecule has 0 saturated carbocycles. The summed E-state index contributed by atoms with van der Waals surface area (Å²) in [6.07, 6.45) is -0.674. The molecular formula is C19H15F3N4O3. The van der Waals surface area contributed by atoms with E-state index in [2.05, 4.69) is 19.9 Å². The summed E-state index contributed by atoms with van der Waals surface area (Å²) in [7, 11) is 0.